The summed E-state index contributed by atoms with van der Waals surface area (Å²) < 4.78 is 1.74. The Bertz CT molecular complexity index is 938. The molecule has 6 nitrogen and oxygen atoms in total. The van der Waals surface area contributed by atoms with E-state index in [2.05, 4.69) is 40.4 Å². The molecule has 1 aromatic carbocycles. The smallest absolute Gasteiger partial charge is 0.320 e. The number of amides is 2. The Morgan fingerprint density at radius 3 is 3.12 bits per heavy atom. The second-order valence-corrected chi connectivity index (χ2v) is 6.47. The number of aryl methyl sites for hydroxylation is 1. The van der Waals surface area contributed by atoms with Gasteiger partial charge in [-0.05, 0) is 29.5 Å². The molecule has 0 atom stereocenters. The van der Waals surface area contributed by atoms with Crippen LogP contribution in [0.25, 0.3) is 5.65 Å². The van der Waals surface area contributed by atoms with Crippen LogP contribution >= 0.6 is 11.6 Å². The summed E-state index contributed by atoms with van der Waals surface area (Å²) in [6.45, 7) is 3.42. The van der Waals surface area contributed by atoms with Crippen LogP contribution in [-0.2, 0) is 19.4 Å². The Kier molecular flexibility index (Phi) is 4.05. The van der Waals surface area contributed by atoms with Gasteiger partial charge >= 0.3 is 6.03 Å². The van der Waals surface area contributed by atoms with Gasteiger partial charge in [0.25, 0.3) is 0 Å². The summed E-state index contributed by atoms with van der Waals surface area (Å²) in [5.41, 5.74) is 4.47. The van der Waals surface area contributed by atoms with E-state index in [9.17, 15) is 4.79 Å². The summed E-state index contributed by atoms with van der Waals surface area (Å²) in [7, 11) is 0. The molecule has 3 aromatic rings. The summed E-state index contributed by atoms with van der Waals surface area (Å²) in [6.07, 6.45) is 6.89. The standard InChI is InChI=1S/C18H18ClN5O/c1-2-12-4-3-5-13-6-8-24(10-14(12)13)18(25)22-16-17-20-7-9-23(17)11-15(19)21-16/h3-5,7,9,11H,2,6,8,10H2,1H3,(H,21,22,25). The van der Waals surface area contributed by atoms with Crippen LogP contribution in [0, 0.1) is 0 Å². The lowest BCUT2D eigenvalue weighted by Crippen LogP contribution is -2.39. The fraction of sp³-hybridized carbons (Fsp3) is 0.278. The number of urea groups is 1. The van der Waals surface area contributed by atoms with E-state index in [4.69, 9.17) is 11.6 Å². The van der Waals surface area contributed by atoms with Crippen LogP contribution in [0.5, 0.6) is 0 Å². The maximum absolute atomic E-state index is 12.7. The van der Waals surface area contributed by atoms with Crippen LogP contribution in [0.2, 0.25) is 5.15 Å². The highest BCUT2D eigenvalue weighted by Crippen LogP contribution is 2.24. The number of aromatic nitrogens is 3. The average molecular weight is 356 g/mol. The number of halogens is 1. The van der Waals surface area contributed by atoms with E-state index in [0.717, 1.165) is 12.8 Å². The number of carbonyl (C=O) groups excluding carboxylic acids is 1. The van der Waals surface area contributed by atoms with E-state index in [-0.39, 0.29) is 6.03 Å². The van der Waals surface area contributed by atoms with Crippen LogP contribution in [0.3, 0.4) is 0 Å². The molecule has 0 unspecified atom stereocenters. The zero-order valence-corrected chi connectivity index (χ0v) is 14.6. The van der Waals surface area contributed by atoms with Crippen LogP contribution in [0.15, 0.2) is 36.8 Å². The van der Waals surface area contributed by atoms with Gasteiger partial charge in [-0.25, -0.2) is 14.8 Å². The van der Waals surface area contributed by atoms with Crippen LogP contribution in [0.4, 0.5) is 10.6 Å². The minimum Gasteiger partial charge on any atom is -0.320 e. The highest BCUT2D eigenvalue weighted by Gasteiger charge is 2.23. The Morgan fingerprint density at radius 2 is 2.28 bits per heavy atom. The first-order valence-electron chi connectivity index (χ1n) is 8.30. The van der Waals surface area contributed by atoms with E-state index in [1.165, 1.54) is 16.7 Å². The Labute approximate surface area is 150 Å². The molecule has 1 aliphatic heterocycles. The van der Waals surface area contributed by atoms with Crippen LogP contribution in [0.1, 0.15) is 23.6 Å². The monoisotopic (exact) mass is 355 g/mol. The molecule has 25 heavy (non-hydrogen) atoms. The third-order valence-electron chi connectivity index (χ3n) is 4.61. The lowest BCUT2D eigenvalue weighted by Gasteiger charge is -2.30. The number of rotatable bonds is 2. The van der Waals surface area contributed by atoms with Crippen molar-refractivity contribution >= 4 is 29.1 Å². The highest BCUT2D eigenvalue weighted by molar-refractivity contribution is 6.29. The van der Waals surface area contributed by atoms with E-state index in [1.54, 1.807) is 23.0 Å². The molecule has 0 radical (unpaired) electrons. The van der Waals surface area contributed by atoms with E-state index >= 15 is 0 Å². The van der Waals surface area contributed by atoms with Gasteiger partial charge in [-0.3, -0.25) is 5.32 Å². The quantitative estimate of drug-likeness (QED) is 0.764. The predicted molar refractivity (Wildman–Crippen MR) is 96.9 cm³/mol. The van der Waals surface area contributed by atoms with Crippen molar-refractivity contribution in [1.29, 1.82) is 0 Å². The van der Waals surface area contributed by atoms with Crippen molar-refractivity contribution in [3.63, 3.8) is 0 Å². The van der Waals surface area contributed by atoms with Crippen molar-refractivity contribution in [2.24, 2.45) is 0 Å². The first kappa shape index (κ1) is 15.9. The Balaban J connectivity index is 1.58. The Morgan fingerprint density at radius 1 is 1.40 bits per heavy atom. The van der Waals surface area contributed by atoms with E-state index in [1.807, 2.05) is 4.90 Å². The molecule has 0 bridgehead atoms. The lowest BCUT2D eigenvalue weighted by atomic mass is 9.94. The number of carbonyl (C=O) groups is 1. The minimum absolute atomic E-state index is 0.184. The third-order valence-corrected chi connectivity index (χ3v) is 4.79. The summed E-state index contributed by atoms with van der Waals surface area (Å²) in [6, 6.07) is 6.19. The van der Waals surface area contributed by atoms with Gasteiger partial charge in [-0.15, -0.1) is 0 Å². The topological polar surface area (TPSA) is 62.5 Å². The molecule has 0 fully saturated rings. The van der Waals surface area contributed by atoms with Gasteiger partial charge in [0.1, 0.15) is 5.15 Å². The zero-order valence-electron chi connectivity index (χ0n) is 13.9. The molecule has 0 aliphatic carbocycles. The average Bonchev–Trinajstić information content (AvgIpc) is 3.09. The van der Waals surface area contributed by atoms with Crippen molar-refractivity contribution in [3.8, 4) is 0 Å². The number of anilines is 1. The molecule has 4 rings (SSSR count). The van der Waals surface area contributed by atoms with Crippen LogP contribution < -0.4 is 5.32 Å². The number of benzene rings is 1. The second-order valence-electron chi connectivity index (χ2n) is 6.08. The highest BCUT2D eigenvalue weighted by atomic mass is 35.5. The van der Waals surface area contributed by atoms with Crippen molar-refractivity contribution in [1.82, 2.24) is 19.3 Å². The molecule has 1 N–H and O–H groups in total. The SMILES string of the molecule is CCc1cccc2c1CN(C(=O)Nc1nc(Cl)cn3ccnc13)CC2. The van der Waals surface area contributed by atoms with Crippen LogP contribution in [-0.4, -0.2) is 31.8 Å². The zero-order chi connectivity index (χ0) is 17.4. The van der Waals surface area contributed by atoms with Gasteiger partial charge in [0.15, 0.2) is 11.5 Å². The predicted octanol–water partition coefficient (Wildman–Crippen LogP) is 3.54. The number of nitrogens with one attached hydrogen (secondary N) is 1. The summed E-state index contributed by atoms with van der Waals surface area (Å²) in [5.74, 6) is 0.372. The van der Waals surface area contributed by atoms with Gasteiger partial charge < -0.3 is 9.30 Å². The molecule has 1 aliphatic rings. The lowest BCUT2D eigenvalue weighted by molar-refractivity contribution is 0.206. The Hall–Kier alpha value is -2.60. The second kappa shape index (κ2) is 6.37. The minimum atomic E-state index is -0.184. The van der Waals surface area contributed by atoms with E-state index in [0.29, 0.717) is 29.7 Å². The number of hydrogen-bond acceptors (Lipinski definition) is 3. The normalized spacial score (nSPS) is 13.8. The molecular formula is C18H18ClN5O. The van der Waals surface area contributed by atoms with Gasteiger partial charge in [-0.2, -0.15) is 0 Å². The molecule has 2 amide bonds. The van der Waals surface area contributed by atoms with Crippen molar-refractivity contribution in [2.75, 3.05) is 11.9 Å². The molecular weight excluding hydrogens is 338 g/mol. The maximum atomic E-state index is 12.7. The van der Waals surface area contributed by atoms with E-state index < -0.39 is 0 Å². The molecule has 3 heterocycles. The molecule has 7 heteroatoms. The fourth-order valence-corrected chi connectivity index (χ4v) is 3.51. The summed E-state index contributed by atoms with van der Waals surface area (Å²) in [4.78, 5) is 23.0. The van der Waals surface area contributed by atoms with Crippen molar-refractivity contribution in [2.45, 2.75) is 26.3 Å². The number of nitrogens with zero attached hydrogens (tertiary/aromatic N) is 4. The van der Waals surface area contributed by atoms with Gasteiger partial charge in [-0.1, -0.05) is 36.7 Å². The molecule has 0 saturated heterocycles. The molecule has 2 aromatic heterocycles. The summed E-state index contributed by atoms with van der Waals surface area (Å²) in [5, 5.41) is 3.16. The number of fused-ring (bicyclic) bond motifs is 2. The number of imidazole rings is 1. The summed E-state index contributed by atoms with van der Waals surface area (Å²) >= 11 is 6.03. The first-order valence-corrected chi connectivity index (χ1v) is 8.68. The molecule has 128 valence electrons. The molecule has 0 spiro atoms. The molecule has 0 saturated carbocycles. The fourth-order valence-electron chi connectivity index (χ4n) is 3.32. The number of hydrogen-bond donors (Lipinski definition) is 1. The van der Waals surface area contributed by atoms with Gasteiger partial charge in [0.05, 0.1) is 0 Å². The largest absolute Gasteiger partial charge is 0.323 e. The maximum Gasteiger partial charge on any atom is 0.323 e. The third kappa shape index (κ3) is 2.93. The van der Waals surface area contributed by atoms with Crippen molar-refractivity contribution < 1.29 is 4.79 Å². The van der Waals surface area contributed by atoms with Gasteiger partial charge in [0.2, 0.25) is 0 Å². The van der Waals surface area contributed by atoms with Gasteiger partial charge in [0, 0.05) is 31.7 Å². The van der Waals surface area contributed by atoms with Crippen molar-refractivity contribution in [3.05, 3.63) is 58.6 Å². The first-order chi connectivity index (χ1) is 12.2.